The molecule has 0 aliphatic rings. The van der Waals surface area contributed by atoms with Gasteiger partial charge in [0.2, 0.25) is 5.91 Å². The molecule has 1 N–H and O–H groups in total. The molecule has 24 heavy (non-hydrogen) atoms. The van der Waals surface area contributed by atoms with E-state index in [0.717, 1.165) is 21.2 Å². The van der Waals surface area contributed by atoms with Crippen LogP contribution < -0.4 is 5.32 Å². The molecule has 0 spiro atoms. The molecule has 4 nitrogen and oxygen atoms in total. The molecular formula is C16H15F2N3OS2. The summed E-state index contributed by atoms with van der Waals surface area (Å²) in [5.74, 6) is -0.207. The molecule has 3 rings (SSSR count). The van der Waals surface area contributed by atoms with Crippen molar-refractivity contribution in [1.29, 1.82) is 0 Å². The molecule has 0 bridgehead atoms. The lowest BCUT2D eigenvalue weighted by Gasteiger charge is -2.12. The van der Waals surface area contributed by atoms with Crippen molar-refractivity contribution in [1.82, 2.24) is 14.9 Å². The molecule has 0 fully saturated rings. The van der Waals surface area contributed by atoms with E-state index >= 15 is 0 Å². The van der Waals surface area contributed by atoms with E-state index in [1.54, 1.807) is 42.5 Å². The van der Waals surface area contributed by atoms with Crippen LogP contribution in [0.1, 0.15) is 18.4 Å². The number of rotatable bonds is 6. The summed E-state index contributed by atoms with van der Waals surface area (Å²) in [6, 6.07) is 10.6. The Morgan fingerprint density at radius 3 is 2.83 bits per heavy atom. The van der Waals surface area contributed by atoms with Gasteiger partial charge in [0.05, 0.1) is 22.8 Å². The van der Waals surface area contributed by atoms with Crippen LogP contribution in [0, 0.1) is 0 Å². The minimum atomic E-state index is -2.71. The summed E-state index contributed by atoms with van der Waals surface area (Å²) in [5.41, 5.74) is 0.854. The third kappa shape index (κ3) is 3.59. The molecule has 2 heterocycles. The van der Waals surface area contributed by atoms with Crippen LogP contribution in [0.15, 0.2) is 46.9 Å². The average molecular weight is 367 g/mol. The van der Waals surface area contributed by atoms with E-state index in [0.29, 0.717) is 17.6 Å². The molecule has 0 radical (unpaired) electrons. The molecule has 1 unspecified atom stereocenters. The second-order valence-electron chi connectivity index (χ2n) is 5.09. The number of amides is 1. The Morgan fingerprint density at radius 1 is 1.33 bits per heavy atom. The van der Waals surface area contributed by atoms with Gasteiger partial charge < -0.3 is 5.32 Å². The molecule has 126 valence electrons. The summed E-state index contributed by atoms with van der Waals surface area (Å²) < 4.78 is 27.6. The topological polar surface area (TPSA) is 46.9 Å². The Balaban J connectivity index is 1.73. The van der Waals surface area contributed by atoms with E-state index in [-0.39, 0.29) is 11.1 Å². The number of aromatic nitrogens is 2. The van der Waals surface area contributed by atoms with Crippen LogP contribution in [0.5, 0.6) is 0 Å². The molecule has 0 saturated heterocycles. The highest BCUT2D eigenvalue weighted by Crippen LogP contribution is 2.31. The SMILES string of the molecule is CC(Sc1nc2ccccc2n1C(F)F)C(=O)NCc1cccs1. The van der Waals surface area contributed by atoms with Crippen LogP contribution in [0.2, 0.25) is 0 Å². The number of halogens is 2. The fourth-order valence-electron chi connectivity index (χ4n) is 2.24. The predicted octanol–water partition coefficient (Wildman–Crippen LogP) is 4.29. The largest absolute Gasteiger partial charge is 0.350 e. The summed E-state index contributed by atoms with van der Waals surface area (Å²) >= 11 is 2.59. The summed E-state index contributed by atoms with van der Waals surface area (Å²) in [6.07, 6.45) is 0. The Kier molecular flexibility index (Phi) is 5.15. The van der Waals surface area contributed by atoms with Crippen LogP contribution in [0.4, 0.5) is 8.78 Å². The van der Waals surface area contributed by atoms with E-state index in [1.165, 1.54) is 0 Å². The number of thioether (sulfide) groups is 1. The number of carbonyl (C=O) groups is 1. The highest BCUT2D eigenvalue weighted by Gasteiger charge is 2.22. The van der Waals surface area contributed by atoms with Crippen molar-refractivity contribution in [3.05, 3.63) is 46.7 Å². The minimum absolute atomic E-state index is 0.143. The smallest absolute Gasteiger partial charge is 0.321 e. The number of fused-ring (bicyclic) bond motifs is 1. The maximum absolute atomic E-state index is 13.4. The van der Waals surface area contributed by atoms with Crippen molar-refractivity contribution < 1.29 is 13.6 Å². The molecule has 8 heteroatoms. The van der Waals surface area contributed by atoms with Crippen molar-refractivity contribution in [2.45, 2.75) is 30.4 Å². The third-order valence-corrected chi connectivity index (χ3v) is 5.37. The number of benzene rings is 1. The molecule has 1 atom stereocenters. The predicted molar refractivity (Wildman–Crippen MR) is 92.5 cm³/mol. The van der Waals surface area contributed by atoms with Crippen molar-refractivity contribution in [3.8, 4) is 0 Å². The van der Waals surface area contributed by atoms with Gasteiger partial charge in [-0.05, 0) is 30.5 Å². The van der Waals surface area contributed by atoms with Crippen LogP contribution in [0.3, 0.4) is 0 Å². The average Bonchev–Trinajstić information content (AvgIpc) is 3.19. The number of thiophene rings is 1. The Bertz CT molecular complexity index is 833. The molecule has 1 aromatic carbocycles. The summed E-state index contributed by atoms with van der Waals surface area (Å²) in [6.45, 7) is -0.586. The molecule has 0 aliphatic heterocycles. The summed E-state index contributed by atoms with van der Waals surface area (Å²) in [4.78, 5) is 17.5. The van der Waals surface area contributed by atoms with Gasteiger partial charge >= 0.3 is 6.55 Å². The normalized spacial score (nSPS) is 12.7. The molecular weight excluding hydrogens is 352 g/mol. The first-order chi connectivity index (χ1) is 11.6. The van der Waals surface area contributed by atoms with E-state index in [9.17, 15) is 13.6 Å². The molecule has 0 aliphatic carbocycles. The molecule has 3 aromatic rings. The van der Waals surface area contributed by atoms with Gasteiger partial charge in [0.1, 0.15) is 0 Å². The number of carbonyl (C=O) groups excluding carboxylic acids is 1. The van der Waals surface area contributed by atoms with Crippen LogP contribution >= 0.6 is 23.1 Å². The Labute approximate surface area is 145 Å². The van der Waals surface area contributed by atoms with Gasteiger partial charge in [-0.1, -0.05) is 30.0 Å². The van der Waals surface area contributed by atoms with Gasteiger partial charge in [-0.25, -0.2) is 4.98 Å². The standard InChI is InChI=1S/C16H15F2N3OS2/c1-10(14(22)19-9-11-5-4-8-23-11)24-16-20-12-6-2-3-7-13(12)21(16)15(17)18/h2-8,10,15H,9H2,1H3,(H,19,22). The first-order valence-electron chi connectivity index (χ1n) is 7.28. The van der Waals surface area contributed by atoms with E-state index < -0.39 is 11.8 Å². The fourth-order valence-corrected chi connectivity index (χ4v) is 3.83. The van der Waals surface area contributed by atoms with Crippen molar-refractivity contribution in [3.63, 3.8) is 0 Å². The van der Waals surface area contributed by atoms with Gasteiger partial charge in [0, 0.05) is 4.88 Å². The number of alkyl halides is 2. The van der Waals surface area contributed by atoms with Crippen LogP contribution in [0.25, 0.3) is 11.0 Å². The van der Waals surface area contributed by atoms with E-state index in [4.69, 9.17) is 0 Å². The number of hydrogen-bond acceptors (Lipinski definition) is 4. The number of para-hydroxylation sites is 2. The van der Waals surface area contributed by atoms with Crippen LogP contribution in [-0.4, -0.2) is 20.7 Å². The maximum Gasteiger partial charge on any atom is 0.321 e. The van der Waals surface area contributed by atoms with E-state index in [2.05, 4.69) is 10.3 Å². The van der Waals surface area contributed by atoms with Crippen LogP contribution in [-0.2, 0) is 11.3 Å². The molecule has 2 aromatic heterocycles. The van der Waals surface area contributed by atoms with Gasteiger partial charge in [-0.15, -0.1) is 11.3 Å². The number of nitrogens with zero attached hydrogens (tertiary/aromatic N) is 2. The second-order valence-corrected chi connectivity index (χ2v) is 7.43. The van der Waals surface area contributed by atoms with Gasteiger partial charge in [-0.3, -0.25) is 9.36 Å². The van der Waals surface area contributed by atoms with Gasteiger partial charge in [-0.2, -0.15) is 8.78 Å². The maximum atomic E-state index is 13.4. The lowest BCUT2D eigenvalue weighted by molar-refractivity contribution is -0.120. The summed E-state index contributed by atoms with van der Waals surface area (Å²) in [5, 5.41) is 4.36. The number of imidazole rings is 1. The lowest BCUT2D eigenvalue weighted by Crippen LogP contribution is -2.30. The van der Waals surface area contributed by atoms with Gasteiger partial charge in [0.25, 0.3) is 0 Å². The zero-order valence-electron chi connectivity index (χ0n) is 12.8. The zero-order valence-corrected chi connectivity index (χ0v) is 14.4. The fraction of sp³-hybridized carbons (Fsp3) is 0.250. The number of hydrogen-bond donors (Lipinski definition) is 1. The monoisotopic (exact) mass is 367 g/mol. The quantitative estimate of drug-likeness (QED) is 0.661. The number of nitrogens with one attached hydrogen (secondary N) is 1. The Hall–Kier alpha value is -1.93. The minimum Gasteiger partial charge on any atom is -0.350 e. The van der Waals surface area contributed by atoms with E-state index in [1.807, 2.05) is 17.5 Å². The second kappa shape index (κ2) is 7.31. The Morgan fingerprint density at radius 2 is 2.12 bits per heavy atom. The highest BCUT2D eigenvalue weighted by molar-refractivity contribution is 8.00. The molecule has 0 saturated carbocycles. The van der Waals surface area contributed by atoms with Gasteiger partial charge in [0.15, 0.2) is 5.16 Å². The van der Waals surface area contributed by atoms with Crippen molar-refractivity contribution in [2.24, 2.45) is 0 Å². The summed E-state index contributed by atoms with van der Waals surface area (Å²) in [7, 11) is 0. The molecule has 1 amide bonds. The highest BCUT2D eigenvalue weighted by atomic mass is 32.2. The third-order valence-electron chi connectivity index (χ3n) is 3.43. The first-order valence-corrected chi connectivity index (χ1v) is 9.04. The van der Waals surface area contributed by atoms with Crippen molar-refractivity contribution in [2.75, 3.05) is 0 Å². The zero-order chi connectivity index (χ0) is 17.1. The lowest BCUT2D eigenvalue weighted by atomic mass is 10.3. The van der Waals surface area contributed by atoms with Crippen molar-refractivity contribution >= 4 is 40.0 Å². The first kappa shape index (κ1) is 16.9.